The molecule has 10 heteroatoms. The highest BCUT2D eigenvalue weighted by molar-refractivity contribution is 8.01. The molecular weight excluding hydrogens is 462 g/mol. The second kappa shape index (κ2) is 10.1. The molecular formula is C22H29N5O2S3. The van der Waals surface area contributed by atoms with Crippen molar-refractivity contribution in [2.75, 3.05) is 42.3 Å². The van der Waals surface area contributed by atoms with Gasteiger partial charge in [0.25, 0.3) is 0 Å². The van der Waals surface area contributed by atoms with Crippen molar-refractivity contribution in [2.24, 2.45) is 11.3 Å². The second-order valence-corrected chi connectivity index (χ2v) is 12.2. The van der Waals surface area contributed by atoms with Crippen LogP contribution >= 0.6 is 34.4 Å². The van der Waals surface area contributed by atoms with Crippen molar-refractivity contribution < 1.29 is 9.53 Å². The number of hydrogen-bond donors (Lipinski definition) is 1. The molecule has 2 aliphatic rings. The number of anilines is 2. The van der Waals surface area contributed by atoms with Crippen LogP contribution in [-0.4, -0.2) is 48.2 Å². The highest BCUT2D eigenvalue weighted by atomic mass is 32.2. The molecule has 32 heavy (non-hydrogen) atoms. The van der Waals surface area contributed by atoms with E-state index in [4.69, 9.17) is 4.74 Å². The first-order chi connectivity index (χ1) is 15.4. The number of aromatic nitrogens is 2. The molecule has 4 rings (SSSR count). The lowest BCUT2D eigenvalue weighted by molar-refractivity contribution is -0.113. The van der Waals surface area contributed by atoms with Gasteiger partial charge >= 0.3 is 0 Å². The van der Waals surface area contributed by atoms with E-state index in [1.165, 1.54) is 28.0 Å². The summed E-state index contributed by atoms with van der Waals surface area (Å²) in [6.45, 7) is 9.95. The Morgan fingerprint density at radius 2 is 2.12 bits per heavy atom. The molecule has 2 aromatic heterocycles. The lowest BCUT2D eigenvalue weighted by atomic mass is 9.69. The monoisotopic (exact) mass is 491 g/mol. The fourth-order valence-corrected chi connectivity index (χ4v) is 7.17. The van der Waals surface area contributed by atoms with Gasteiger partial charge in [0.2, 0.25) is 11.0 Å². The normalized spacial score (nSPS) is 18.8. The molecule has 0 bridgehead atoms. The Bertz CT molecular complexity index is 1000. The number of nitrogens with zero attached hydrogens (tertiary/aromatic N) is 4. The zero-order valence-corrected chi connectivity index (χ0v) is 21.2. The number of morpholine rings is 1. The molecule has 1 atom stereocenters. The number of nitriles is 1. The standard InChI is InChI=1S/C22H29N5O2S3/c1-4-22(2,3)14-5-6-15-16(12-23)19(31-17(15)11-14)24-18(28)13-30-21-26-25-20(32-21)27-7-9-29-10-8-27/h14H,4-11,13H2,1-3H3,(H,24,28). The van der Waals surface area contributed by atoms with E-state index in [-0.39, 0.29) is 17.1 Å². The van der Waals surface area contributed by atoms with Crippen molar-refractivity contribution in [3.05, 3.63) is 16.0 Å². The predicted octanol–water partition coefficient (Wildman–Crippen LogP) is 4.58. The summed E-state index contributed by atoms with van der Waals surface area (Å²) in [5.41, 5.74) is 2.08. The van der Waals surface area contributed by atoms with Gasteiger partial charge in [-0.2, -0.15) is 5.26 Å². The first-order valence-electron chi connectivity index (χ1n) is 11.0. The van der Waals surface area contributed by atoms with Crippen molar-refractivity contribution in [2.45, 2.75) is 50.8 Å². The molecule has 0 radical (unpaired) electrons. The Balaban J connectivity index is 1.37. The minimum atomic E-state index is -0.112. The number of carbonyl (C=O) groups is 1. The van der Waals surface area contributed by atoms with Gasteiger partial charge in [0, 0.05) is 18.0 Å². The molecule has 7 nitrogen and oxygen atoms in total. The number of rotatable bonds is 7. The van der Waals surface area contributed by atoms with Gasteiger partial charge in [-0.15, -0.1) is 21.5 Å². The smallest absolute Gasteiger partial charge is 0.235 e. The minimum absolute atomic E-state index is 0.112. The van der Waals surface area contributed by atoms with Gasteiger partial charge in [0.15, 0.2) is 4.34 Å². The lowest BCUT2D eigenvalue weighted by Crippen LogP contribution is -2.36. The zero-order chi connectivity index (χ0) is 22.7. The van der Waals surface area contributed by atoms with Crippen LogP contribution < -0.4 is 10.2 Å². The van der Waals surface area contributed by atoms with E-state index in [2.05, 4.69) is 47.3 Å². The Morgan fingerprint density at radius 3 is 2.84 bits per heavy atom. The highest BCUT2D eigenvalue weighted by Crippen LogP contribution is 2.45. The van der Waals surface area contributed by atoms with Crippen LogP contribution in [0.3, 0.4) is 0 Å². The maximum Gasteiger partial charge on any atom is 0.235 e. The Kier molecular flexibility index (Phi) is 7.40. The van der Waals surface area contributed by atoms with Crippen LogP contribution in [0.2, 0.25) is 0 Å². The molecule has 2 aromatic rings. The first-order valence-corrected chi connectivity index (χ1v) is 13.7. The Labute approximate surface area is 201 Å². The van der Waals surface area contributed by atoms with Gasteiger partial charge in [-0.05, 0) is 36.2 Å². The van der Waals surface area contributed by atoms with Gasteiger partial charge in [0.1, 0.15) is 11.1 Å². The Hall–Kier alpha value is -1.67. The number of thioether (sulfide) groups is 1. The first kappa shape index (κ1) is 23.5. The maximum atomic E-state index is 12.6. The molecule has 0 spiro atoms. The molecule has 1 aliphatic carbocycles. The van der Waals surface area contributed by atoms with Gasteiger partial charge in [-0.25, -0.2) is 0 Å². The number of thiophene rings is 1. The summed E-state index contributed by atoms with van der Waals surface area (Å²) >= 11 is 4.47. The van der Waals surface area contributed by atoms with Crippen molar-refractivity contribution in [3.63, 3.8) is 0 Å². The largest absolute Gasteiger partial charge is 0.378 e. The molecule has 1 N–H and O–H groups in total. The molecule has 172 valence electrons. The molecule has 3 heterocycles. The topological polar surface area (TPSA) is 91.1 Å². The van der Waals surface area contributed by atoms with E-state index < -0.39 is 0 Å². The average Bonchev–Trinajstić information content (AvgIpc) is 3.42. The number of amides is 1. The molecule has 1 amide bonds. The minimum Gasteiger partial charge on any atom is -0.378 e. The fourth-order valence-electron chi connectivity index (χ4n) is 4.18. The van der Waals surface area contributed by atoms with E-state index in [0.717, 1.165) is 53.8 Å². The molecule has 1 aliphatic heterocycles. The van der Waals surface area contributed by atoms with E-state index in [0.29, 0.717) is 29.7 Å². The van der Waals surface area contributed by atoms with Crippen LogP contribution in [-0.2, 0) is 22.4 Å². The molecule has 1 unspecified atom stereocenters. The van der Waals surface area contributed by atoms with Gasteiger partial charge in [-0.1, -0.05) is 50.3 Å². The number of hydrogen-bond acceptors (Lipinski definition) is 9. The summed E-state index contributed by atoms with van der Waals surface area (Å²) in [7, 11) is 0. The van der Waals surface area contributed by atoms with E-state index in [1.807, 2.05) is 0 Å². The van der Waals surface area contributed by atoms with Crippen LogP contribution in [0.15, 0.2) is 4.34 Å². The van der Waals surface area contributed by atoms with E-state index in [9.17, 15) is 10.1 Å². The van der Waals surface area contributed by atoms with Gasteiger partial charge in [-0.3, -0.25) is 4.79 Å². The maximum absolute atomic E-state index is 12.6. The van der Waals surface area contributed by atoms with Crippen LogP contribution in [0.5, 0.6) is 0 Å². The number of nitrogens with one attached hydrogen (secondary N) is 1. The number of ether oxygens (including phenoxy) is 1. The third-order valence-electron chi connectivity index (χ3n) is 6.65. The van der Waals surface area contributed by atoms with Crippen LogP contribution in [0.1, 0.15) is 49.6 Å². The van der Waals surface area contributed by atoms with Crippen LogP contribution in [0.4, 0.5) is 10.1 Å². The average molecular weight is 492 g/mol. The van der Waals surface area contributed by atoms with Crippen LogP contribution in [0, 0.1) is 22.7 Å². The number of fused-ring (bicyclic) bond motifs is 1. The van der Waals surface area contributed by atoms with E-state index in [1.54, 1.807) is 11.3 Å². The summed E-state index contributed by atoms with van der Waals surface area (Å²) in [5.74, 6) is 0.748. The second-order valence-electron chi connectivity index (χ2n) is 8.89. The lowest BCUT2D eigenvalue weighted by Gasteiger charge is -2.36. The van der Waals surface area contributed by atoms with Gasteiger partial charge < -0.3 is 15.0 Å². The van der Waals surface area contributed by atoms with E-state index >= 15 is 0 Å². The highest BCUT2D eigenvalue weighted by Gasteiger charge is 2.34. The summed E-state index contributed by atoms with van der Waals surface area (Å²) < 4.78 is 6.15. The van der Waals surface area contributed by atoms with Gasteiger partial charge in [0.05, 0.1) is 24.5 Å². The summed E-state index contributed by atoms with van der Waals surface area (Å²) in [6, 6.07) is 2.34. The van der Waals surface area contributed by atoms with Crippen molar-refractivity contribution in [1.29, 1.82) is 5.26 Å². The zero-order valence-electron chi connectivity index (χ0n) is 18.8. The summed E-state index contributed by atoms with van der Waals surface area (Å²) in [4.78, 5) is 16.1. The SMILES string of the molecule is CCC(C)(C)C1CCc2c(sc(NC(=O)CSc3nnc(N4CCOCC4)s3)c2C#N)C1. The van der Waals surface area contributed by atoms with Crippen molar-refractivity contribution in [3.8, 4) is 6.07 Å². The quantitative estimate of drug-likeness (QED) is 0.567. The van der Waals surface area contributed by atoms with Crippen molar-refractivity contribution >= 4 is 50.5 Å². The molecule has 0 aromatic carbocycles. The Morgan fingerprint density at radius 1 is 1.34 bits per heavy atom. The molecule has 1 fully saturated rings. The fraction of sp³-hybridized carbons (Fsp3) is 0.636. The molecule has 0 saturated carbocycles. The number of carbonyl (C=O) groups excluding carboxylic acids is 1. The summed E-state index contributed by atoms with van der Waals surface area (Å²) in [5, 5.41) is 22.8. The third-order valence-corrected chi connectivity index (χ3v) is 9.94. The summed E-state index contributed by atoms with van der Waals surface area (Å²) in [6.07, 6.45) is 4.16. The third kappa shape index (κ3) is 5.11. The predicted molar refractivity (Wildman–Crippen MR) is 131 cm³/mol. The van der Waals surface area contributed by atoms with Crippen LogP contribution in [0.25, 0.3) is 0 Å². The van der Waals surface area contributed by atoms with Crippen molar-refractivity contribution in [1.82, 2.24) is 10.2 Å². The molecule has 1 saturated heterocycles.